The Bertz CT molecular complexity index is 312. The van der Waals surface area contributed by atoms with Crippen LogP contribution >= 0.6 is 0 Å². The highest BCUT2D eigenvalue weighted by atomic mass is 19.1. The number of nitrogens with one attached hydrogen (secondary N) is 1. The summed E-state index contributed by atoms with van der Waals surface area (Å²) in [7, 11) is 0. The van der Waals surface area contributed by atoms with Gasteiger partial charge in [0.1, 0.15) is 11.5 Å². The summed E-state index contributed by atoms with van der Waals surface area (Å²) in [5, 5.41) is 2.62. The molecule has 0 aromatic carbocycles. The Labute approximate surface area is 76.0 Å². The third-order valence-electron chi connectivity index (χ3n) is 1.37. The SMILES string of the molecule is CC(C)NC(=O)c1cc(F)ccn1. The lowest BCUT2D eigenvalue weighted by Gasteiger charge is -2.06. The number of hydrogen-bond acceptors (Lipinski definition) is 2. The second-order valence-corrected chi connectivity index (χ2v) is 2.99. The molecular weight excluding hydrogens is 171 g/mol. The van der Waals surface area contributed by atoms with Crippen molar-refractivity contribution in [3.63, 3.8) is 0 Å². The molecule has 4 heteroatoms. The summed E-state index contributed by atoms with van der Waals surface area (Å²) < 4.78 is 12.6. The largest absolute Gasteiger partial charge is 0.349 e. The van der Waals surface area contributed by atoms with Crippen molar-refractivity contribution in [3.8, 4) is 0 Å². The molecule has 70 valence electrons. The molecule has 1 aromatic heterocycles. The topological polar surface area (TPSA) is 42.0 Å². The minimum Gasteiger partial charge on any atom is -0.349 e. The molecule has 0 atom stereocenters. The molecule has 1 rings (SSSR count). The Morgan fingerprint density at radius 2 is 2.31 bits per heavy atom. The van der Waals surface area contributed by atoms with Gasteiger partial charge >= 0.3 is 0 Å². The van der Waals surface area contributed by atoms with Gasteiger partial charge in [-0.25, -0.2) is 4.39 Å². The summed E-state index contributed by atoms with van der Waals surface area (Å²) >= 11 is 0. The Balaban J connectivity index is 2.77. The highest BCUT2D eigenvalue weighted by Gasteiger charge is 2.08. The standard InChI is InChI=1S/C9H11FN2O/c1-6(2)12-9(13)8-5-7(10)3-4-11-8/h3-6H,1-2H3,(H,12,13). The first-order valence-corrected chi connectivity index (χ1v) is 4.02. The average molecular weight is 182 g/mol. The third-order valence-corrected chi connectivity index (χ3v) is 1.37. The first kappa shape index (κ1) is 9.64. The number of aromatic nitrogens is 1. The zero-order valence-electron chi connectivity index (χ0n) is 7.54. The van der Waals surface area contributed by atoms with Crippen LogP contribution in [0, 0.1) is 5.82 Å². The quantitative estimate of drug-likeness (QED) is 0.750. The maximum Gasteiger partial charge on any atom is 0.270 e. The fourth-order valence-corrected chi connectivity index (χ4v) is 0.865. The molecule has 0 aliphatic carbocycles. The fraction of sp³-hybridized carbons (Fsp3) is 0.333. The second-order valence-electron chi connectivity index (χ2n) is 2.99. The van der Waals surface area contributed by atoms with Gasteiger partial charge in [-0.15, -0.1) is 0 Å². The maximum absolute atomic E-state index is 12.6. The van der Waals surface area contributed by atoms with Gasteiger partial charge in [-0.05, 0) is 19.9 Å². The minimum atomic E-state index is -0.455. The number of carbonyl (C=O) groups excluding carboxylic acids is 1. The van der Waals surface area contributed by atoms with Gasteiger partial charge in [-0.2, -0.15) is 0 Å². The van der Waals surface area contributed by atoms with Crippen molar-refractivity contribution >= 4 is 5.91 Å². The molecule has 0 aliphatic heterocycles. The van der Waals surface area contributed by atoms with E-state index in [4.69, 9.17) is 0 Å². The van der Waals surface area contributed by atoms with E-state index in [1.54, 1.807) is 0 Å². The number of pyridine rings is 1. The van der Waals surface area contributed by atoms with Crippen LogP contribution in [-0.4, -0.2) is 16.9 Å². The average Bonchev–Trinajstić information content (AvgIpc) is 2.03. The zero-order valence-corrected chi connectivity index (χ0v) is 7.54. The van der Waals surface area contributed by atoms with E-state index in [0.717, 1.165) is 6.07 Å². The van der Waals surface area contributed by atoms with Crippen molar-refractivity contribution in [2.75, 3.05) is 0 Å². The van der Waals surface area contributed by atoms with E-state index in [0.29, 0.717) is 0 Å². The molecule has 1 N–H and O–H groups in total. The second kappa shape index (κ2) is 3.98. The molecule has 0 fully saturated rings. The number of amides is 1. The Morgan fingerprint density at radius 1 is 1.62 bits per heavy atom. The summed E-state index contributed by atoms with van der Waals surface area (Å²) in [5.41, 5.74) is 0.105. The van der Waals surface area contributed by atoms with E-state index < -0.39 is 5.82 Å². The molecule has 0 aliphatic rings. The molecular formula is C9H11FN2O. The first-order chi connectivity index (χ1) is 6.09. The lowest BCUT2D eigenvalue weighted by Crippen LogP contribution is -2.30. The number of hydrogen-bond donors (Lipinski definition) is 1. The minimum absolute atomic E-state index is 0.0255. The third kappa shape index (κ3) is 2.82. The van der Waals surface area contributed by atoms with Crippen molar-refractivity contribution in [3.05, 3.63) is 29.8 Å². The molecule has 1 heterocycles. The van der Waals surface area contributed by atoms with Gasteiger partial charge in [-0.1, -0.05) is 0 Å². The maximum atomic E-state index is 12.6. The van der Waals surface area contributed by atoms with Crippen LogP contribution in [0.25, 0.3) is 0 Å². The van der Waals surface area contributed by atoms with Gasteiger partial charge in [-0.3, -0.25) is 9.78 Å². The van der Waals surface area contributed by atoms with Crippen LogP contribution in [0.5, 0.6) is 0 Å². The Morgan fingerprint density at radius 3 is 2.85 bits per heavy atom. The number of carbonyl (C=O) groups is 1. The summed E-state index contributed by atoms with van der Waals surface area (Å²) in [6, 6.07) is 2.33. The van der Waals surface area contributed by atoms with Crippen molar-refractivity contribution < 1.29 is 9.18 Å². The van der Waals surface area contributed by atoms with Crippen LogP contribution in [-0.2, 0) is 0 Å². The molecule has 0 saturated carbocycles. The molecule has 0 unspecified atom stereocenters. The molecule has 0 saturated heterocycles. The van der Waals surface area contributed by atoms with Gasteiger partial charge < -0.3 is 5.32 Å². The van der Waals surface area contributed by atoms with E-state index in [1.165, 1.54) is 12.3 Å². The van der Waals surface area contributed by atoms with E-state index in [1.807, 2.05) is 13.8 Å². The molecule has 13 heavy (non-hydrogen) atoms. The van der Waals surface area contributed by atoms with Crippen molar-refractivity contribution in [1.82, 2.24) is 10.3 Å². The molecule has 0 spiro atoms. The van der Waals surface area contributed by atoms with Gasteiger partial charge in [0.15, 0.2) is 0 Å². The van der Waals surface area contributed by atoms with E-state index >= 15 is 0 Å². The summed E-state index contributed by atoms with van der Waals surface area (Å²) in [5.74, 6) is -0.807. The molecule has 0 bridgehead atoms. The smallest absolute Gasteiger partial charge is 0.270 e. The predicted molar refractivity (Wildman–Crippen MR) is 46.8 cm³/mol. The van der Waals surface area contributed by atoms with Crippen LogP contribution < -0.4 is 5.32 Å². The van der Waals surface area contributed by atoms with Crippen molar-refractivity contribution in [2.24, 2.45) is 0 Å². The van der Waals surface area contributed by atoms with E-state index in [-0.39, 0.29) is 17.6 Å². The highest BCUT2D eigenvalue weighted by Crippen LogP contribution is 1.99. The lowest BCUT2D eigenvalue weighted by molar-refractivity contribution is 0.0937. The van der Waals surface area contributed by atoms with Crippen LogP contribution in [0.4, 0.5) is 4.39 Å². The van der Waals surface area contributed by atoms with Gasteiger partial charge in [0, 0.05) is 18.3 Å². The monoisotopic (exact) mass is 182 g/mol. The highest BCUT2D eigenvalue weighted by molar-refractivity contribution is 5.92. The number of halogens is 1. The zero-order chi connectivity index (χ0) is 9.84. The molecule has 0 radical (unpaired) electrons. The van der Waals surface area contributed by atoms with E-state index in [2.05, 4.69) is 10.3 Å². The molecule has 1 aromatic rings. The summed E-state index contributed by atoms with van der Waals surface area (Å²) in [6.45, 7) is 3.66. The Hall–Kier alpha value is -1.45. The van der Waals surface area contributed by atoms with Crippen LogP contribution in [0.2, 0.25) is 0 Å². The normalized spacial score (nSPS) is 10.2. The summed E-state index contributed by atoms with van der Waals surface area (Å²) in [6.07, 6.45) is 1.27. The van der Waals surface area contributed by atoms with Crippen molar-refractivity contribution in [2.45, 2.75) is 19.9 Å². The van der Waals surface area contributed by atoms with Crippen LogP contribution in [0.1, 0.15) is 24.3 Å². The first-order valence-electron chi connectivity index (χ1n) is 4.02. The summed E-state index contributed by atoms with van der Waals surface area (Å²) in [4.78, 5) is 15.0. The van der Waals surface area contributed by atoms with Crippen molar-refractivity contribution in [1.29, 1.82) is 0 Å². The van der Waals surface area contributed by atoms with E-state index in [9.17, 15) is 9.18 Å². The Kier molecular flexibility index (Phi) is 2.95. The van der Waals surface area contributed by atoms with Gasteiger partial charge in [0.05, 0.1) is 0 Å². The fourth-order valence-electron chi connectivity index (χ4n) is 0.865. The van der Waals surface area contributed by atoms with Crippen LogP contribution in [0.3, 0.4) is 0 Å². The number of nitrogens with zero attached hydrogens (tertiary/aromatic N) is 1. The van der Waals surface area contributed by atoms with Gasteiger partial charge in [0.2, 0.25) is 0 Å². The molecule has 1 amide bonds. The molecule has 3 nitrogen and oxygen atoms in total. The number of rotatable bonds is 2. The van der Waals surface area contributed by atoms with Crippen LogP contribution in [0.15, 0.2) is 18.3 Å². The lowest BCUT2D eigenvalue weighted by atomic mass is 10.3. The van der Waals surface area contributed by atoms with Gasteiger partial charge in [0.25, 0.3) is 5.91 Å². The predicted octanol–water partition coefficient (Wildman–Crippen LogP) is 1.36.